The van der Waals surface area contributed by atoms with E-state index < -0.39 is 5.97 Å². The molecule has 1 saturated heterocycles. The largest absolute Gasteiger partial charge is 0.495 e. The van der Waals surface area contributed by atoms with Gasteiger partial charge in [-0.2, -0.15) is 0 Å². The van der Waals surface area contributed by atoms with E-state index in [2.05, 4.69) is 4.90 Å². The van der Waals surface area contributed by atoms with Crippen molar-refractivity contribution in [2.75, 3.05) is 44.8 Å². The second kappa shape index (κ2) is 12.9. The average molecular weight is 568 g/mol. The van der Waals surface area contributed by atoms with Gasteiger partial charge in [0.25, 0.3) is 5.91 Å². The molecule has 2 amide bonds. The minimum atomic E-state index is -0.395. The lowest BCUT2D eigenvalue weighted by atomic mass is 9.83. The number of hydrogen-bond acceptors (Lipinski definition) is 6. The van der Waals surface area contributed by atoms with Gasteiger partial charge in [-0.05, 0) is 49.2 Å². The number of benzene rings is 3. The van der Waals surface area contributed by atoms with E-state index in [0.717, 1.165) is 35.7 Å². The molecule has 2 aliphatic heterocycles. The molecule has 42 heavy (non-hydrogen) atoms. The number of methoxy groups -OCH3 is 1. The summed E-state index contributed by atoms with van der Waals surface area (Å²) in [7, 11) is 1.67. The molecule has 2 heterocycles. The first kappa shape index (κ1) is 28.9. The Balaban J connectivity index is 1.27. The van der Waals surface area contributed by atoms with Gasteiger partial charge in [0.05, 0.1) is 31.5 Å². The van der Waals surface area contributed by atoms with Crippen LogP contribution < -0.4 is 9.64 Å². The fraction of sp³-hybridized carbons (Fsp3) is 0.324. The fourth-order valence-electron chi connectivity index (χ4n) is 5.81. The standard InChI is InChI=1S/C34H37N3O5/c1-4-42-34(40)32-24(2)37(31(38)22-28(32)26-10-6-5-7-11-26)23-25-14-16-27(17-15-25)33(39)36-20-18-35(19-21-36)29-12-8-9-13-30(29)41-3/h5-17,28H,4,18-23H2,1-3H3. The molecule has 8 nitrogen and oxygen atoms in total. The third kappa shape index (κ3) is 6.03. The molecule has 0 aromatic heterocycles. The van der Waals surface area contributed by atoms with Gasteiger partial charge in [0, 0.05) is 49.8 Å². The molecule has 1 unspecified atom stereocenters. The summed E-state index contributed by atoms with van der Waals surface area (Å²) < 4.78 is 10.9. The number of esters is 1. The van der Waals surface area contributed by atoms with E-state index in [1.54, 1.807) is 18.9 Å². The van der Waals surface area contributed by atoms with Crippen molar-refractivity contribution in [1.82, 2.24) is 9.80 Å². The first-order valence-electron chi connectivity index (χ1n) is 14.4. The molecule has 0 bridgehead atoms. The molecule has 0 spiro atoms. The number of piperazine rings is 1. The van der Waals surface area contributed by atoms with Crippen molar-refractivity contribution < 1.29 is 23.9 Å². The van der Waals surface area contributed by atoms with Crippen molar-refractivity contribution >= 4 is 23.5 Å². The quantitative estimate of drug-likeness (QED) is 0.356. The fourth-order valence-corrected chi connectivity index (χ4v) is 5.81. The summed E-state index contributed by atoms with van der Waals surface area (Å²) >= 11 is 0. The lowest BCUT2D eigenvalue weighted by Crippen LogP contribution is -2.48. The van der Waals surface area contributed by atoms with Gasteiger partial charge in [0.1, 0.15) is 5.75 Å². The molecular formula is C34H37N3O5. The van der Waals surface area contributed by atoms with Crippen LogP contribution in [0, 0.1) is 0 Å². The van der Waals surface area contributed by atoms with E-state index in [-0.39, 0.29) is 30.8 Å². The van der Waals surface area contributed by atoms with Crippen LogP contribution in [0.5, 0.6) is 5.75 Å². The maximum atomic E-state index is 13.3. The highest BCUT2D eigenvalue weighted by Crippen LogP contribution is 2.37. The molecule has 218 valence electrons. The second-order valence-electron chi connectivity index (χ2n) is 10.5. The van der Waals surface area contributed by atoms with Crippen molar-refractivity contribution in [3.63, 3.8) is 0 Å². The van der Waals surface area contributed by atoms with Crippen molar-refractivity contribution in [1.29, 1.82) is 0 Å². The van der Waals surface area contributed by atoms with Gasteiger partial charge >= 0.3 is 5.97 Å². The topological polar surface area (TPSA) is 79.4 Å². The van der Waals surface area contributed by atoms with Gasteiger partial charge in [-0.3, -0.25) is 9.59 Å². The summed E-state index contributed by atoms with van der Waals surface area (Å²) in [6, 6.07) is 24.9. The first-order chi connectivity index (χ1) is 20.4. The molecule has 0 N–H and O–H groups in total. The third-order valence-corrected chi connectivity index (χ3v) is 8.05. The van der Waals surface area contributed by atoms with Crippen molar-refractivity contribution in [2.24, 2.45) is 0 Å². The lowest BCUT2D eigenvalue weighted by molar-refractivity contribution is -0.140. The summed E-state index contributed by atoms with van der Waals surface area (Å²) in [5.74, 6) is 0.0183. The smallest absolute Gasteiger partial charge is 0.336 e. The Bertz CT molecular complexity index is 1460. The van der Waals surface area contributed by atoms with E-state index in [4.69, 9.17) is 9.47 Å². The molecular weight excluding hydrogens is 530 g/mol. The Morgan fingerprint density at radius 3 is 2.21 bits per heavy atom. The highest BCUT2D eigenvalue weighted by molar-refractivity contribution is 5.96. The van der Waals surface area contributed by atoms with Crippen LogP contribution in [0.25, 0.3) is 0 Å². The Kier molecular flexibility index (Phi) is 8.91. The number of hydrogen-bond donors (Lipinski definition) is 0. The Hall–Kier alpha value is -4.59. The molecule has 3 aromatic carbocycles. The molecule has 3 aromatic rings. The van der Waals surface area contributed by atoms with Crippen LogP contribution in [0.2, 0.25) is 0 Å². The number of carbonyl (C=O) groups is 3. The summed E-state index contributed by atoms with van der Waals surface area (Å²) in [5.41, 5.74) is 4.56. The zero-order valence-corrected chi connectivity index (χ0v) is 24.4. The van der Waals surface area contributed by atoms with E-state index in [1.807, 2.05) is 90.7 Å². The summed E-state index contributed by atoms with van der Waals surface area (Å²) in [6.07, 6.45) is 0.187. The highest BCUT2D eigenvalue weighted by atomic mass is 16.5. The van der Waals surface area contributed by atoms with E-state index in [0.29, 0.717) is 36.5 Å². The van der Waals surface area contributed by atoms with Crippen LogP contribution in [0.3, 0.4) is 0 Å². The van der Waals surface area contributed by atoms with Gasteiger partial charge < -0.3 is 24.2 Å². The molecule has 5 rings (SSSR count). The number of rotatable bonds is 8. The van der Waals surface area contributed by atoms with Crippen molar-refractivity contribution in [3.8, 4) is 5.75 Å². The zero-order valence-electron chi connectivity index (χ0n) is 24.4. The predicted molar refractivity (Wildman–Crippen MR) is 161 cm³/mol. The third-order valence-electron chi connectivity index (χ3n) is 8.05. The van der Waals surface area contributed by atoms with Gasteiger partial charge in [-0.15, -0.1) is 0 Å². The van der Waals surface area contributed by atoms with Gasteiger partial charge in [0.2, 0.25) is 5.91 Å². The molecule has 2 aliphatic rings. The van der Waals surface area contributed by atoms with Crippen LogP contribution in [0.15, 0.2) is 90.1 Å². The van der Waals surface area contributed by atoms with Crippen molar-refractivity contribution in [3.05, 3.63) is 107 Å². The maximum absolute atomic E-state index is 13.3. The summed E-state index contributed by atoms with van der Waals surface area (Å²) in [5, 5.41) is 0. The monoisotopic (exact) mass is 567 g/mol. The average Bonchev–Trinajstić information content (AvgIpc) is 3.03. The first-order valence-corrected chi connectivity index (χ1v) is 14.4. The highest BCUT2D eigenvalue weighted by Gasteiger charge is 2.37. The number of ether oxygens (including phenoxy) is 2. The number of para-hydroxylation sites is 2. The van der Waals surface area contributed by atoms with Crippen LogP contribution in [0.1, 0.15) is 47.7 Å². The molecule has 1 fully saturated rings. The summed E-state index contributed by atoms with van der Waals surface area (Å²) in [6.45, 7) is 6.83. The Labute approximate surface area is 247 Å². The Morgan fingerprint density at radius 1 is 0.881 bits per heavy atom. The van der Waals surface area contributed by atoms with Crippen molar-refractivity contribution in [2.45, 2.75) is 32.7 Å². The molecule has 0 aliphatic carbocycles. The van der Waals surface area contributed by atoms with Gasteiger partial charge in [-0.25, -0.2) is 4.79 Å². The second-order valence-corrected chi connectivity index (χ2v) is 10.5. The Morgan fingerprint density at radius 2 is 1.55 bits per heavy atom. The van der Waals surface area contributed by atoms with E-state index in [9.17, 15) is 14.4 Å². The van der Waals surface area contributed by atoms with Gasteiger partial charge in [-0.1, -0.05) is 54.6 Å². The SMILES string of the molecule is CCOC(=O)C1=C(C)N(Cc2ccc(C(=O)N3CCN(c4ccccc4OC)CC3)cc2)C(=O)CC1c1ccccc1. The minimum absolute atomic E-state index is 0.0124. The molecule has 1 atom stereocenters. The number of amides is 2. The summed E-state index contributed by atoms with van der Waals surface area (Å²) in [4.78, 5) is 45.4. The number of nitrogens with zero attached hydrogens (tertiary/aromatic N) is 3. The maximum Gasteiger partial charge on any atom is 0.336 e. The zero-order chi connectivity index (χ0) is 29.6. The molecule has 8 heteroatoms. The normalized spacial score (nSPS) is 17.4. The molecule has 0 radical (unpaired) electrons. The number of anilines is 1. The number of allylic oxidation sites excluding steroid dienone is 1. The van der Waals surface area contributed by atoms with Crippen LogP contribution in [-0.4, -0.2) is 67.5 Å². The van der Waals surface area contributed by atoms with Crippen LogP contribution >= 0.6 is 0 Å². The van der Waals surface area contributed by atoms with Crippen LogP contribution in [0.4, 0.5) is 5.69 Å². The van der Waals surface area contributed by atoms with Gasteiger partial charge in [0.15, 0.2) is 0 Å². The molecule has 0 saturated carbocycles. The minimum Gasteiger partial charge on any atom is -0.495 e. The number of carbonyl (C=O) groups excluding carboxylic acids is 3. The predicted octanol–water partition coefficient (Wildman–Crippen LogP) is 5.01. The lowest BCUT2D eigenvalue weighted by Gasteiger charge is -2.36. The van der Waals surface area contributed by atoms with Crippen LogP contribution in [-0.2, 0) is 20.9 Å². The van der Waals surface area contributed by atoms with E-state index in [1.165, 1.54) is 0 Å². The van der Waals surface area contributed by atoms with E-state index >= 15 is 0 Å².